The first-order chi connectivity index (χ1) is 16.4. The second-order valence-electron chi connectivity index (χ2n) is 8.16. The summed E-state index contributed by atoms with van der Waals surface area (Å²) in [5, 5.41) is 5.36. The van der Waals surface area contributed by atoms with Gasteiger partial charge in [0.1, 0.15) is 11.6 Å². The van der Waals surface area contributed by atoms with Gasteiger partial charge in [0.25, 0.3) is 5.56 Å². The summed E-state index contributed by atoms with van der Waals surface area (Å²) in [7, 11) is 1.49. The van der Waals surface area contributed by atoms with Crippen LogP contribution < -0.4 is 25.8 Å². The molecule has 0 aliphatic carbocycles. The van der Waals surface area contributed by atoms with Gasteiger partial charge >= 0.3 is 5.97 Å². The Morgan fingerprint density at radius 3 is 2.65 bits per heavy atom. The third kappa shape index (κ3) is 4.73. The molecule has 0 bridgehead atoms. The number of methoxy groups -OCH3 is 1. The number of aromatic amines is 1. The van der Waals surface area contributed by atoms with Crippen LogP contribution in [0.4, 0.5) is 17.5 Å². The van der Waals surface area contributed by atoms with Crippen LogP contribution in [0.25, 0.3) is 0 Å². The normalized spacial score (nSPS) is 18.0. The van der Waals surface area contributed by atoms with Crippen molar-refractivity contribution in [3.8, 4) is 5.75 Å². The van der Waals surface area contributed by atoms with Gasteiger partial charge in [-0.15, -0.1) is 0 Å². The van der Waals surface area contributed by atoms with Crippen LogP contribution in [0.1, 0.15) is 37.7 Å². The molecule has 1 fully saturated rings. The summed E-state index contributed by atoms with van der Waals surface area (Å²) in [5.41, 5.74) is 0.0536. The van der Waals surface area contributed by atoms with Gasteiger partial charge in [0.2, 0.25) is 17.8 Å². The van der Waals surface area contributed by atoms with Crippen molar-refractivity contribution in [3.05, 3.63) is 40.2 Å². The number of H-pyrrole nitrogens is 1. The Labute approximate surface area is 195 Å². The minimum Gasteiger partial charge on any atom is -0.495 e. The van der Waals surface area contributed by atoms with E-state index in [1.54, 1.807) is 31.2 Å². The van der Waals surface area contributed by atoms with E-state index in [-0.39, 0.29) is 35.6 Å². The van der Waals surface area contributed by atoms with Crippen LogP contribution in [-0.4, -0.2) is 54.6 Å². The Bertz CT molecular complexity index is 1150. The van der Waals surface area contributed by atoms with E-state index in [9.17, 15) is 19.2 Å². The number of carbonyl (C=O) groups excluding carboxylic acids is 3. The number of hydrogen-bond acceptors (Lipinski definition) is 8. The third-order valence-corrected chi connectivity index (χ3v) is 6.03. The Morgan fingerprint density at radius 2 is 1.94 bits per heavy atom. The molecular formula is C23H27N5O6. The number of aromatic nitrogens is 2. The van der Waals surface area contributed by atoms with Gasteiger partial charge in [0.15, 0.2) is 0 Å². The molecule has 0 radical (unpaired) electrons. The highest BCUT2D eigenvalue weighted by molar-refractivity contribution is 6.05. The molecule has 2 aliphatic rings. The van der Waals surface area contributed by atoms with Crippen LogP contribution in [0, 0.1) is 5.92 Å². The Hall–Kier alpha value is -3.89. The van der Waals surface area contributed by atoms with Crippen molar-refractivity contribution in [3.63, 3.8) is 0 Å². The molecule has 1 saturated heterocycles. The minimum atomic E-state index is -1.01. The summed E-state index contributed by atoms with van der Waals surface area (Å²) >= 11 is 0. The lowest BCUT2D eigenvalue weighted by Crippen LogP contribution is -2.41. The van der Waals surface area contributed by atoms with E-state index in [4.69, 9.17) is 9.47 Å². The van der Waals surface area contributed by atoms with Gasteiger partial charge in [-0.1, -0.05) is 12.1 Å². The number of nitrogens with zero attached hydrogens (tertiary/aromatic N) is 2. The van der Waals surface area contributed by atoms with E-state index in [1.165, 1.54) is 7.11 Å². The largest absolute Gasteiger partial charge is 0.495 e. The van der Waals surface area contributed by atoms with Crippen molar-refractivity contribution >= 4 is 35.2 Å². The zero-order valence-corrected chi connectivity index (χ0v) is 19.1. The molecule has 4 rings (SSSR count). The van der Waals surface area contributed by atoms with Crippen LogP contribution in [0.15, 0.2) is 29.1 Å². The fourth-order valence-corrected chi connectivity index (χ4v) is 4.29. The predicted octanol–water partition coefficient (Wildman–Crippen LogP) is 1.62. The molecule has 34 heavy (non-hydrogen) atoms. The number of ether oxygens (including phenoxy) is 2. The number of nitrogens with one attached hydrogen (secondary N) is 3. The molecule has 180 valence electrons. The van der Waals surface area contributed by atoms with E-state index in [0.717, 1.165) is 0 Å². The summed E-state index contributed by atoms with van der Waals surface area (Å²) < 4.78 is 10.4. The first kappa shape index (κ1) is 23.3. The lowest BCUT2D eigenvalue weighted by atomic mass is 9.92. The van der Waals surface area contributed by atoms with Gasteiger partial charge in [-0.2, -0.15) is 4.98 Å². The SMILES string of the molecule is CCOC(=O)C1CCN(c2nc3c(c(=O)[nH]2)[C@@H](C(=O)Nc2ccccc2OC)CC(=O)N3)CC1. The maximum absolute atomic E-state index is 13.1. The number of amides is 2. The van der Waals surface area contributed by atoms with E-state index in [2.05, 4.69) is 20.6 Å². The van der Waals surface area contributed by atoms with E-state index >= 15 is 0 Å². The van der Waals surface area contributed by atoms with Crippen molar-refractivity contribution in [1.29, 1.82) is 0 Å². The molecule has 2 amide bonds. The number of hydrogen-bond donors (Lipinski definition) is 3. The van der Waals surface area contributed by atoms with Gasteiger partial charge in [0, 0.05) is 19.5 Å². The van der Waals surface area contributed by atoms with Gasteiger partial charge in [-0.3, -0.25) is 24.2 Å². The summed E-state index contributed by atoms with van der Waals surface area (Å²) in [6.07, 6.45) is 0.953. The lowest BCUT2D eigenvalue weighted by molar-refractivity contribution is -0.148. The van der Waals surface area contributed by atoms with Crippen LogP contribution in [0.5, 0.6) is 5.75 Å². The molecule has 0 spiro atoms. The van der Waals surface area contributed by atoms with E-state index in [1.807, 2.05) is 4.90 Å². The van der Waals surface area contributed by atoms with Gasteiger partial charge in [-0.05, 0) is 31.9 Å². The number of anilines is 3. The first-order valence-corrected chi connectivity index (χ1v) is 11.2. The average Bonchev–Trinajstić information content (AvgIpc) is 2.83. The van der Waals surface area contributed by atoms with Crippen LogP contribution in [0.3, 0.4) is 0 Å². The first-order valence-electron chi connectivity index (χ1n) is 11.2. The van der Waals surface area contributed by atoms with Gasteiger partial charge < -0.3 is 25.0 Å². The summed E-state index contributed by atoms with van der Waals surface area (Å²) in [6, 6.07) is 6.88. The molecule has 1 aromatic heterocycles. The highest BCUT2D eigenvalue weighted by Crippen LogP contribution is 2.32. The highest BCUT2D eigenvalue weighted by atomic mass is 16.5. The number of carbonyl (C=O) groups is 3. The molecular weight excluding hydrogens is 442 g/mol. The fourth-order valence-electron chi connectivity index (χ4n) is 4.29. The minimum absolute atomic E-state index is 0.0719. The van der Waals surface area contributed by atoms with Crippen molar-refractivity contribution in [2.24, 2.45) is 5.92 Å². The fraction of sp³-hybridized carbons (Fsp3) is 0.435. The summed E-state index contributed by atoms with van der Waals surface area (Å²) in [4.78, 5) is 59.5. The molecule has 0 saturated carbocycles. The van der Waals surface area contributed by atoms with Gasteiger partial charge in [-0.25, -0.2) is 0 Å². The zero-order chi connectivity index (χ0) is 24.2. The zero-order valence-electron chi connectivity index (χ0n) is 19.1. The van der Waals surface area contributed by atoms with Crippen molar-refractivity contribution in [2.45, 2.75) is 32.1 Å². The number of piperidine rings is 1. The standard InChI is InChI=1S/C23H27N5O6/c1-3-34-22(32)13-8-10-28(11-9-13)23-26-19-18(21(31)27-23)14(12-17(29)25-19)20(30)24-15-6-4-5-7-16(15)33-2/h4-7,13-14H,3,8-12H2,1-2H3,(H,24,30)(H2,25,26,27,29,31)/t14-/m0/s1. The topological polar surface area (TPSA) is 143 Å². The highest BCUT2D eigenvalue weighted by Gasteiger charge is 2.36. The molecule has 3 N–H and O–H groups in total. The smallest absolute Gasteiger partial charge is 0.309 e. The Kier molecular flexibility index (Phi) is 6.80. The maximum atomic E-state index is 13.1. The number of fused-ring (bicyclic) bond motifs is 1. The number of rotatable bonds is 6. The monoisotopic (exact) mass is 469 g/mol. The Balaban J connectivity index is 1.55. The molecule has 0 unspecified atom stereocenters. The molecule has 11 nitrogen and oxygen atoms in total. The van der Waals surface area contributed by atoms with E-state index in [0.29, 0.717) is 44.0 Å². The van der Waals surface area contributed by atoms with E-state index < -0.39 is 23.3 Å². The van der Waals surface area contributed by atoms with Crippen molar-refractivity contribution in [1.82, 2.24) is 9.97 Å². The summed E-state index contributed by atoms with van der Waals surface area (Å²) in [5.74, 6) is -1.50. The molecule has 2 aromatic rings. The van der Waals surface area contributed by atoms with Crippen molar-refractivity contribution < 1.29 is 23.9 Å². The van der Waals surface area contributed by atoms with Gasteiger partial charge in [0.05, 0.1) is 36.8 Å². The summed E-state index contributed by atoms with van der Waals surface area (Å²) in [6.45, 7) is 3.10. The molecule has 1 atom stereocenters. The predicted molar refractivity (Wildman–Crippen MR) is 124 cm³/mol. The van der Waals surface area contributed by atoms with Crippen LogP contribution in [-0.2, 0) is 19.1 Å². The maximum Gasteiger partial charge on any atom is 0.309 e. The quantitative estimate of drug-likeness (QED) is 0.542. The molecule has 3 heterocycles. The third-order valence-electron chi connectivity index (χ3n) is 6.03. The van der Waals surface area contributed by atoms with Crippen LogP contribution >= 0.6 is 0 Å². The van der Waals surface area contributed by atoms with Crippen LogP contribution in [0.2, 0.25) is 0 Å². The second kappa shape index (κ2) is 9.94. The second-order valence-corrected chi connectivity index (χ2v) is 8.16. The number of para-hydroxylation sites is 2. The molecule has 2 aliphatic heterocycles. The number of esters is 1. The molecule has 11 heteroatoms. The lowest BCUT2D eigenvalue weighted by Gasteiger charge is -2.32. The average molecular weight is 469 g/mol. The Morgan fingerprint density at radius 1 is 1.21 bits per heavy atom. The molecule has 1 aromatic carbocycles. The van der Waals surface area contributed by atoms with Crippen molar-refractivity contribution in [2.75, 3.05) is 42.3 Å². The number of benzene rings is 1.